The lowest BCUT2D eigenvalue weighted by Gasteiger charge is -2.22. The van der Waals surface area contributed by atoms with Gasteiger partial charge in [-0.25, -0.2) is 9.36 Å². The Balaban J connectivity index is 2.09. The molecule has 0 spiro atoms. The molecule has 0 bridgehead atoms. The lowest BCUT2D eigenvalue weighted by atomic mass is 10.2. The number of carbonyl (C=O) groups excluding carboxylic acids is 2. The van der Waals surface area contributed by atoms with Gasteiger partial charge in [-0.1, -0.05) is 12.1 Å². The molecule has 2 heterocycles. The summed E-state index contributed by atoms with van der Waals surface area (Å²) in [4.78, 5) is 31.8. The lowest BCUT2D eigenvalue weighted by molar-refractivity contribution is 0.0535. The first-order chi connectivity index (χ1) is 12.7. The van der Waals surface area contributed by atoms with Crippen molar-refractivity contribution in [2.45, 2.75) is 33.3 Å². The average Bonchev–Trinajstić information content (AvgIpc) is 2.98. The average molecular weight is 365 g/mol. The van der Waals surface area contributed by atoms with E-state index in [-0.39, 0.29) is 11.6 Å². The molecule has 0 aliphatic rings. The predicted molar refractivity (Wildman–Crippen MR) is 105 cm³/mol. The first-order valence-corrected chi connectivity index (χ1v) is 8.72. The third kappa shape index (κ3) is 3.84. The molecule has 0 N–H and O–H groups in total. The van der Waals surface area contributed by atoms with Crippen LogP contribution >= 0.6 is 0 Å². The van der Waals surface area contributed by atoms with Crippen molar-refractivity contribution in [3.63, 3.8) is 0 Å². The predicted octanol–water partition coefficient (Wildman–Crippen LogP) is 4.40. The Hall–Kier alpha value is -3.15. The second-order valence-electron chi connectivity index (χ2n) is 7.46. The number of hydrogen-bond donors (Lipinski definition) is 0. The van der Waals surface area contributed by atoms with Gasteiger partial charge in [0.25, 0.3) is 5.91 Å². The number of fused-ring (bicyclic) bond motifs is 1. The Morgan fingerprint density at radius 3 is 2.52 bits per heavy atom. The van der Waals surface area contributed by atoms with Crippen molar-refractivity contribution < 1.29 is 14.3 Å². The van der Waals surface area contributed by atoms with Crippen LogP contribution in [-0.2, 0) is 4.74 Å². The van der Waals surface area contributed by atoms with Crippen LogP contribution in [-0.4, -0.2) is 34.2 Å². The zero-order chi connectivity index (χ0) is 19.8. The number of benzene rings is 1. The zero-order valence-electron chi connectivity index (χ0n) is 16.2. The SMILES string of the molecule is Cc1cccc(N(C)C(=O)c2cc3ncccc3n2C(=O)OC(C)(C)C)c1. The van der Waals surface area contributed by atoms with Gasteiger partial charge >= 0.3 is 6.09 Å². The molecule has 0 saturated carbocycles. The van der Waals surface area contributed by atoms with E-state index >= 15 is 0 Å². The largest absolute Gasteiger partial charge is 0.443 e. The minimum atomic E-state index is -0.682. The van der Waals surface area contributed by atoms with Crippen molar-refractivity contribution in [3.8, 4) is 0 Å². The Morgan fingerprint density at radius 1 is 1.11 bits per heavy atom. The van der Waals surface area contributed by atoms with E-state index in [2.05, 4.69) is 4.98 Å². The Morgan fingerprint density at radius 2 is 1.85 bits per heavy atom. The first kappa shape index (κ1) is 18.6. The van der Waals surface area contributed by atoms with Gasteiger partial charge in [0.15, 0.2) is 0 Å². The number of ether oxygens (including phenoxy) is 1. The van der Waals surface area contributed by atoms with Crippen LogP contribution in [0.5, 0.6) is 0 Å². The summed E-state index contributed by atoms with van der Waals surface area (Å²) in [6.45, 7) is 7.32. The number of aryl methyl sites for hydroxylation is 1. The standard InChI is InChI=1S/C21H23N3O3/c1-14-8-6-9-15(12-14)23(5)19(25)18-13-16-17(10-7-11-22-16)24(18)20(26)27-21(2,3)4/h6-13H,1-5H3. The number of nitrogens with zero attached hydrogens (tertiary/aromatic N) is 3. The maximum Gasteiger partial charge on any atom is 0.419 e. The quantitative estimate of drug-likeness (QED) is 0.675. The molecule has 6 heteroatoms. The van der Waals surface area contributed by atoms with Crippen molar-refractivity contribution in [3.05, 3.63) is 59.9 Å². The summed E-state index contributed by atoms with van der Waals surface area (Å²) in [5.41, 5.74) is 2.41. The van der Waals surface area contributed by atoms with Gasteiger partial charge < -0.3 is 9.64 Å². The molecule has 0 fully saturated rings. The second-order valence-corrected chi connectivity index (χ2v) is 7.46. The highest BCUT2D eigenvalue weighted by Crippen LogP contribution is 2.23. The number of anilines is 1. The van der Waals surface area contributed by atoms with Crippen LogP contribution in [0.3, 0.4) is 0 Å². The fourth-order valence-corrected chi connectivity index (χ4v) is 2.82. The minimum absolute atomic E-state index is 0.210. The van der Waals surface area contributed by atoms with Crippen molar-refractivity contribution in [2.75, 3.05) is 11.9 Å². The van der Waals surface area contributed by atoms with Crippen molar-refractivity contribution in [1.82, 2.24) is 9.55 Å². The van der Waals surface area contributed by atoms with Crippen LogP contribution in [0.1, 0.15) is 36.8 Å². The zero-order valence-corrected chi connectivity index (χ0v) is 16.2. The first-order valence-electron chi connectivity index (χ1n) is 8.72. The summed E-state index contributed by atoms with van der Waals surface area (Å²) in [6, 6.07) is 12.7. The van der Waals surface area contributed by atoms with E-state index in [1.54, 1.807) is 52.2 Å². The van der Waals surface area contributed by atoms with E-state index in [4.69, 9.17) is 4.74 Å². The molecule has 0 aliphatic carbocycles. The van der Waals surface area contributed by atoms with Crippen LogP contribution in [0.2, 0.25) is 0 Å². The number of amides is 1. The van der Waals surface area contributed by atoms with Crippen LogP contribution < -0.4 is 4.90 Å². The van der Waals surface area contributed by atoms with Crippen LogP contribution in [0, 0.1) is 6.92 Å². The molecule has 1 aromatic carbocycles. The smallest absolute Gasteiger partial charge is 0.419 e. The molecule has 2 aromatic heterocycles. The summed E-state index contributed by atoms with van der Waals surface area (Å²) in [5.74, 6) is -0.315. The van der Waals surface area contributed by atoms with Gasteiger partial charge in [-0.2, -0.15) is 0 Å². The van der Waals surface area contributed by atoms with E-state index in [1.807, 2.05) is 31.2 Å². The summed E-state index contributed by atoms with van der Waals surface area (Å²) < 4.78 is 6.80. The molecule has 0 atom stereocenters. The van der Waals surface area contributed by atoms with E-state index in [1.165, 1.54) is 9.47 Å². The van der Waals surface area contributed by atoms with Crippen LogP contribution in [0.15, 0.2) is 48.7 Å². The van der Waals surface area contributed by atoms with Gasteiger partial charge in [-0.05, 0) is 63.6 Å². The molecule has 27 heavy (non-hydrogen) atoms. The molecule has 140 valence electrons. The van der Waals surface area contributed by atoms with E-state index in [0.29, 0.717) is 11.0 Å². The second kappa shape index (κ2) is 6.87. The van der Waals surface area contributed by atoms with Gasteiger partial charge in [0.05, 0.1) is 11.0 Å². The third-order valence-corrected chi connectivity index (χ3v) is 4.06. The Bertz CT molecular complexity index is 1010. The molecule has 0 unspecified atom stereocenters. The Kier molecular flexibility index (Phi) is 4.74. The third-order valence-electron chi connectivity index (χ3n) is 4.06. The highest BCUT2D eigenvalue weighted by Gasteiger charge is 2.27. The topological polar surface area (TPSA) is 64.4 Å². The fraction of sp³-hybridized carbons (Fsp3) is 0.286. The highest BCUT2D eigenvalue weighted by atomic mass is 16.6. The van der Waals surface area contributed by atoms with Crippen LogP contribution in [0.25, 0.3) is 11.0 Å². The number of pyridine rings is 1. The van der Waals surface area contributed by atoms with Gasteiger partial charge in [0.2, 0.25) is 0 Å². The van der Waals surface area contributed by atoms with Crippen LogP contribution in [0.4, 0.5) is 10.5 Å². The monoisotopic (exact) mass is 365 g/mol. The molecular formula is C21H23N3O3. The molecule has 0 saturated heterocycles. The maximum atomic E-state index is 13.2. The van der Waals surface area contributed by atoms with Gasteiger partial charge in [0.1, 0.15) is 11.3 Å². The minimum Gasteiger partial charge on any atom is -0.443 e. The summed E-state index contributed by atoms with van der Waals surface area (Å²) in [5, 5.41) is 0. The maximum absolute atomic E-state index is 13.2. The number of aromatic nitrogens is 2. The van der Waals surface area contributed by atoms with Gasteiger partial charge in [-0.15, -0.1) is 0 Å². The Labute approximate surface area is 158 Å². The summed E-state index contributed by atoms with van der Waals surface area (Å²) in [7, 11) is 1.68. The molecule has 3 rings (SSSR count). The number of rotatable bonds is 2. The number of carbonyl (C=O) groups is 2. The van der Waals surface area contributed by atoms with E-state index in [9.17, 15) is 9.59 Å². The molecular weight excluding hydrogens is 342 g/mol. The highest BCUT2D eigenvalue weighted by molar-refractivity contribution is 6.10. The molecule has 0 aliphatic heterocycles. The van der Waals surface area contributed by atoms with E-state index in [0.717, 1.165) is 11.3 Å². The van der Waals surface area contributed by atoms with Gasteiger partial charge in [0, 0.05) is 18.9 Å². The lowest BCUT2D eigenvalue weighted by Crippen LogP contribution is -2.33. The molecule has 0 radical (unpaired) electrons. The van der Waals surface area contributed by atoms with Crippen molar-refractivity contribution in [1.29, 1.82) is 0 Å². The summed E-state index contributed by atoms with van der Waals surface area (Å²) >= 11 is 0. The van der Waals surface area contributed by atoms with E-state index < -0.39 is 11.7 Å². The normalized spacial score (nSPS) is 11.4. The molecule has 6 nitrogen and oxygen atoms in total. The molecule has 1 amide bonds. The van der Waals surface area contributed by atoms with Crippen molar-refractivity contribution in [2.24, 2.45) is 0 Å². The van der Waals surface area contributed by atoms with Gasteiger partial charge in [-0.3, -0.25) is 9.78 Å². The molecule has 3 aromatic rings. The van der Waals surface area contributed by atoms with Crippen molar-refractivity contribution >= 4 is 28.7 Å². The summed E-state index contributed by atoms with van der Waals surface area (Å²) in [6.07, 6.45) is 1.02. The number of hydrogen-bond acceptors (Lipinski definition) is 4. The fourth-order valence-electron chi connectivity index (χ4n) is 2.82.